The summed E-state index contributed by atoms with van der Waals surface area (Å²) in [6.45, 7) is -0.500. The highest BCUT2D eigenvalue weighted by atomic mass is 35.5. The van der Waals surface area contributed by atoms with Crippen LogP contribution in [0.15, 0.2) is 18.2 Å². The smallest absolute Gasteiger partial charge is 0.259 e. The zero-order valence-electron chi connectivity index (χ0n) is 8.21. The third kappa shape index (κ3) is 3.70. The average molecular weight is 296 g/mol. The van der Waals surface area contributed by atoms with Gasteiger partial charge >= 0.3 is 0 Å². The summed E-state index contributed by atoms with van der Waals surface area (Å²) >= 11 is 15.7. The summed E-state index contributed by atoms with van der Waals surface area (Å²) in [6.07, 6.45) is 0. The van der Waals surface area contributed by atoms with E-state index in [4.69, 9.17) is 39.5 Å². The fourth-order valence-corrected chi connectivity index (χ4v) is 1.48. The maximum atomic E-state index is 11.1. The van der Waals surface area contributed by atoms with Crippen molar-refractivity contribution in [2.75, 3.05) is 6.61 Å². The standard InChI is InChI=1S/C10H5Cl3O4/c11-7(14)4-17-8-5(9(12)15)2-1-3-6(8)10(13)16/h1-3H,4H2. The number of hydrogen-bond donors (Lipinski definition) is 0. The summed E-state index contributed by atoms with van der Waals surface area (Å²) in [5.74, 6) is -0.151. The first-order valence-electron chi connectivity index (χ1n) is 4.27. The van der Waals surface area contributed by atoms with E-state index in [1.807, 2.05) is 0 Å². The van der Waals surface area contributed by atoms with Gasteiger partial charge in [-0.05, 0) is 46.9 Å². The number of para-hydroxylation sites is 1. The van der Waals surface area contributed by atoms with Crippen molar-refractivity contribution in [3.05, 3.63) is 29.3 Å². The van der Waals surface area contributed by atoms with E-state index in [1.54, 1.807) is 0 Å². The molecule has 4 nitrogen and oxygen atoms in total. The van der Waals surface area contributed by atoms with Crippen molar-refractivity contribution in [2.24, 2.45) is 0 Å². The molecule has 0 fully saturated rings. The van der Waals surface area contributed by atoms with Crippen molar-refractivity contribution in [1.82, 2.24) is 0 Å². The molecule has 0 atom stereocenters. The molecule has 0 radical (unpaired) electrons. The van der Waals surface area contributed by atoms with E-state index in [1.165, 1.54) is 18.2 Å². The summed E-state index contributed by atoms with van der Waals surface area (Å²) in [7, 11) is 0. The second-order valence-corrected chi connectivity index (χ2v) is 3.98. The maximum Gasteiger partial charge on any atom is 0.259 e. The Labute approximate surface area is 111 Å². The molecule has 17 heavy (non-hydrogen) atoms. The first-order chi connectivity index (χ1) is 7.93. The Kier molecular flexibility index (Phi) is 4.93. The van der Waals surface area contributed by atoms with Gasteiger partial charge in [-0.2, -0.15) is 0 Å². The van der Waals surface area contributed by atoms with E-state index >= 15 is 0 Å². The molecule has 1 aromatic rings. The first-order valence-corrected chi connectivity index (χ1v) is 5.40. The Morgan fingerprint density at radius 1 is 1.00 bits per heavy atom. The van der Waals surface area contributed by atoms with Crippen LogP contribution in [0.4, 0.5) is 0 Å². The van der Waals surface area contributed by atoms with Crippen LogP contribution in [0.3, 0.4) is 0 Å². The molecule has 0 saturated carbocycles. The lowest BCUT2D eigenvalue weighted by Crippen LogP contribution is -2.10. The van der Waals surface area contributed by atoms with Crippen LogP contribution in [0.1, 0.15) is 20.7 Å². The topological polar surface area (TPSA) is 60.4 Å². The first kappa shape index (κ1) is 14.0. The van der Waals surface area contributed by atoms with Crippen LogP contribution in [0, 0.1) is 0 Å². The molecule has 0 unspecified atom stereocenters. The minimum atomic E-state index is -0.832. The summed E-state index contributed by atoms with van der Waals surface area (Å²) in [5.41, 5.74) is -0.118. The van der Waals surface area contributed by atoms with Gasteiger partial charge in [0.1, 0.15) is 5.75 Å². The molecule has 0 heterocycles. The highest BCUT2D eigenvalue weighted by Gasteiger charge is 2.18. The predicted octanol–water partition coefficient (Wildman–Crippen LogP) is 2.59. The highest BCUT2D eigenvalue weighted by molar-refractivity contribution is 6.69. The molecule has 0 aliphatic rings. The molecule has 0 aliphatic carbocycles. The molecule has 1 aromatic carbocycles. The Hall–Kier alpha value is -1.10. The van der Waals surface area contributed by atoms with Crippen molar-refractivity contribution in [1.29, 1.82) is 0 Å². The lowest BCUT2D eigenvalue weighted by Gasteiger charge is -2.10. The molecule has 1 rings (SSSR count). The summed E-state index contributed by atoms with van der Waals surface area (Å²) < 4.78 is 4.96. The van der Waals surface area contributed by atoms with Gasteiger partial charge < -0.3 is 4.74 Å². The third-order valence-electron chi connectivity index (χ3n) is 1.77. The Morgan fingerprint density at radius 2 is 1.47 bits per heavy atom. The highest BCUT2D eigenvalue weighted by Crippen LogP contribution is 2.27. The molecule has 0 spiro atoms. The summed E-state index contributed by atoms with van der Waals surface area (Å²) in [6, 6.07) is 4.10. The van der Waals surface area contributed by atoms with Crippen LogP contribution < -0.4 is 4.74 Å². The van der Waals surface area contributed by atoms with Gasteiger partial charge in [-0.15, -0.1) is 0 Å². The predicted molar refractivity (Wildman–Crippen MR) is 63.2 cm³/mol. The van der Waals surface area contributed by atoms with Crippen LogP contribution in [0.5, 0.6) is 5.75 Å². The zero-order valence-corrected chi connectivity index (χ0v) is 10.5. The molecule has 0 saturated heterocycles. The third-order valence-corrected chi connectivity index (χ3v) is 2.28. The lowest BCUT2D eigenvalue weighted by molar-refractivity contribution is -0.113. The van der Waals surface area contributed by atoms with Gasteiger partial charge in [0.05, 0.1) is 11.1 Å². The number of carbonyl (C=O) groups is 3. The number of benzene rings is 1. The summed E-state index contributed by atoms with van der Waals surface area (Å²) in [5, 5.41) is -2.45. The Morgan fingerprint density at radius 3 is 1.82 bits per heavy atom. The fourth-order valence-electron chi connectivity index (χ4n) is 1.13. The van der Waals surface area contributed by atoms with Crippen molar-refractivity contribution in [3.8, 4) is 5.75 Å². The molecule has 0 aromatic heterocycles. The van der Waals surface area contributed by atoms with Crippen molar-refractivity contribution >= 4 is 50.5 Å². The quantitative estimate of drug-likeness (QED) is 0.783. The second-order valence-electron chi connectivity index (χ2n) is 2.87. The van der Waals surface area contributed by atoms with E-state index in [-0.39, 0.29) is 16.9 Å². The van der Waals surface area contributed by atoms with E-state index in [9.17, 15) is 14.4 Å². The second kappa shape index (κ2) is 6.00. The van der Waals surface area contributed by atoms with Crippen LogP contribution in [-0.4, -0.2) is 22.3 Å². The molecule has 90 valence electrons. The Bertz CT molecular complexity index is 452. The number of rotatable bonds is 5. The molecular formula is C10H5Cl3O4. The zero-order chi connectivity index (χ0) is 13.0. The molecule has 7 heteroatoms. The van der Waals surface area contributed by atoms with Crippen molar-refractivity contribution < 1.29 is 19.1 Å². The number of hydrogen-bond acceptors (Lipinski definition) is 4. The number of halogens is 3. The summed E-state index contributed by atoms with van der Waals surface area (Å²) in [4.78, 5) is 32.8. The monoisotopic (exact) mass is 294 g/mol. The van der Waals surface area contributed by atoms with E-state index in [0.29, 0.717) is 0 Å². The van der Waals surface area contributed by atoms with Crippen LogP contribution >= 0.6 is 34.8 Å². The fraction of sp³-hybridized carbons (Fsp3) is 0.100. The Balaban J connectivity index is 3.23. The molecule has 0 bridgehead atoms. The van der Waals surface area contributed by atoms with Gasteiger partial charge in [-0.3, -0.25) is 14.4 Å². The van der Waals surface area contributed by atoms with E-state index < -0.39 is 22.3 Å². The van der Waals surface area contributed by atoms with Crippen molar-refractivity contribution in [3.63, 3.8) is 0 Å². The van der Waals surface area contributed by atoms with Crippen molar-refractivity contribution in [2.45, 2.75) is 0 Å². The average Bonchev–Trinajstić information content (AvgIpc) is 2.25. The van der Waals surface area contributed by atoms with E-state index in [0.717, 1.165) is 0 Å². The van der Waals surface area contributed by atoms with Crippen LogP contribution in [0.25, 0.3) is 0 Å². The molecule has 0 aliphatic heterocycles. The largest absolute Gasteiger partial charge is 0.483 e. The molecule has 0 N–H and O–H groups in total. The number of ether oxygens (including phenoxy) is 1. The molecular weight excluding hydrogens is 290 g/mol. The van der Waals surface area contributed by atoms with Gasteiger partial charge in [-0.1, -0.05) is 6.07 Å². The van der Waals surface area contributed by atoms with Gasteiger partial charge in [-0.25, -0.2) is 0 Å². The van der Waals surface area contributed by atoms with Crippen LogP contribution in [0.2, 0.25) is 0 Å². The van der Waals surface area contributed by atoms with Crippen LogP contribution in [-0.2, 0) is 4.79 Å². The van der Waals surface area contributed by atoms with E-state index in [2.05, 4.69) is 0 Å². The van der Waals surface area contributed by atoms with Gasteiger partial charge in [0.25, 0.3) is 15.7 Å². The van der Waals surface area contributed by atoms with Gasteiger partial charge in [0.15, 0.2) is 6.61 Å². The molecule has 0 amide bonds. The maximum absolute atomic E-state index is 11.1. The normalized spacial score (nSPS) is 9.82. The van der Waals surface area contributed by atoms with Gasteiger partial charge in [0.2, 0.25) is 0 Å². The minimum Gasteiger partial charge on any atom is -0.483 e. The lowest BCUT2D eigenvalue weighted by atomic mass is 10.1. The number of carbonyl (C=O) groups excluding carboxylic acids is 3. The van der Waals surface area contributed by atoms with Gasteiger partial charge in [0, 0.05) is 0 Å². The minimum absolute atomic E-state index is 0.0592. The SMILES string of the molecule is O=C(Cl)COc1c(C(=O)Cl)cccc1C(=O)Cl.